The second kappa shape index (κ2) is 5.67. The van der Waals surface area contributed by atoms with Crippen molar-refractivity contribution in [3.63, 3.8) is 0 Å². The summed E-state index contributed by atoms with van der Waals surface area (Å²) in [6.45, 7) is 0.599. The first kappa shape index (κ1) is 10.2. The third kappa shape index (κ3) is 4.01. The van der Waals surface area contributed by atoms with Gasteiger partial charge in [-0.25, -0.2) is 0 Å². The van der Waals surface area contributed by atoms with E-state index in [1.54, 1.807) is 19.5 Å². The van der Waals surface area contributed by atoms with Crippen LogP contribution in [0.25, 0.3) is 0 Å². The lowest BCUT2D eigenvalue weighted by Gasteiger charge is -2.08. The minimum Gasteiger partial charge on any atom is -0.393 e. The maximum atomic E-state index is 9.53. The van der Waals surface area contributed by atoms with Crippen LogP contribution in [0.3, 0.4) is 0 Å². The number of nitrogens with zero attached hydrogens (tertiary/aromatic N) is 1. The van der Waals surface area contributed by atoms with Crippen LogP contribution < -0.4 is 0 Å². The molecule has 1 N–H and O–H groups in total. The summed E-state index contributed by atoms with van der Waals surface area (Å²) in [5.74, 6) is 0. The number of aliphatic hydroxyl groups is 1. The highest BCUT2D eigenvalue weighted by molar-refractivity contribution is 5.09. The normalized spacial score (nSPS) is 12.8. The molecule has 0 saturated carbocycles. The molecule has 1 unspecified atom stereocenters. The van der Waals surface area contributed by atoms with Gasteiger partial charge in [-0.05, 0) is 24.5 Å². The molecular formula is C10H15NO2. The number of pyridine rings is 1. The van der Waals surface area contributed by atoms with E-state index < -0.39 is 0 Å². The lowest BCUT2D eigenvalue weighted by atomic mass is 10.1. The number of hydrogen-bond acceptors (Lipinski definition) is 3. The average molecular weight is 181 g/mol. The molecule has 0 aromatic carbocycles. The van der Waals surface area contributed by atoms with Gasteiger partial charge in [0.2, 0.25) is 0 Å². The quantitative estimate of drug-likeness (QED) is 0.737. The SMILES string of the molecule is COCCC(O)Cc1cccnc1. The van der Waals surface area contributed by atoms with Gasteiger partial charge in [0.25, 0.3) is 0 Å². The van der Waals surface area contributed by atoms with E-state index in [9.17, 15) is 5.11 Å². The standard InChI is InChI=1S/C10H15NO2/c1-13-6-4-10(12)7-9-3-2-5-11-8-9/h2-3,5,8,10,12H,4,6-7H2,1H3. The van der Waals surface area contributed by atoms with Gasteiger partial charge in [0, 0.05) is 26.1 Å². The molecular weight excluding hydrogens is 166 g/mol. The predicted octanol–water partition coefficient (Wildman–Crippen LogP) is 1.02. The third-order valence-corrected chi connectivity index (χ3v) is 1.85. The van der Waals surface area contributed by atoms with Crippen molar-refractivity contribution in [3.05, 3.63) is 30.1 Å². The Hall–Kier alpha value is -0.930. The molecule has 3 heteroatoms. The molecule has 1 heterocycles. The van der Waals surface area contributed by atoms with Crippen molar-refractivity contribution in [1.29, 1.82) is 0 Å². The zero-order chi connectivity index (χ0) is 9.52. The molecule has 1 rings (SSSR count). The van der Waals surface area contributed by atoms with E-state index in [2.05, 4.69) is 4.98 Å². The first-order valence-corrected chi connectivity index (χ1v) is 4.39. The van der Waals surface area contributed by atoms with Crippen LogP contribution >= 0.6 is 0 Å². The van der Waals surface area contributed by atoms with E-state index in [1.165, 1.54) is 0 Å². The van der Waals surface area contributed by atoms with Crippen LogP contribution in [0.4, 0.5) is 0 Å². The number of methoxy groups -OCH3 is 1. The highest BCUT2D eigenvalue weighted by Gasteiger charge is 2.04. The predicted molar refractivity (Wildman–Crippen MR) is 50.4 cm³/mol. The fourth-order valence-corrected chi connectivity index (χ4v) is 1.15. The van der Waals surface area contributed by atoms with Gasteiger partial charge in [-0.3, -0.25) is 4.98 Å². The summed E-state index contributed by atoms with van der Waals surface area (Å²) in [5, 5.41) is 9.53. The minimum absolute atomic E-state index is 0.329. The Kier molecular flexibility index (Phi) is 4.43. The van der Waals surface area contributed by atoms with Crippen molar-refractivity contribution >= 4 is 0 Å². The molecule has 0 amide bonds. The van der Waals surface area contributed by atoms with Gasteiger partial charge >= 0.3 is 0 Å². The largest absolute Gasteiger partial charge is 0.393 e. The van der Waals surface area contributed by atoms with Gasteiger partial charge in [-0.15, -0.1) is 0 Å². The van der Waals surface area contributed by atoms with E-state index in [4.69, 9.17) is 4.74 Å². The van der Waals surface area contributed by atoms with Gasteiger partial charge < -0.3 is 9.84 Å². The summed E-state index contributed by atoms with van der Waals surface area (Å²) in [6, 6.07) is 3.83. The van der Waals surface area contributed by atoms with Crippen LogP contribution in [-0.2, 0) is 11.2 Å². The molecule has 0 spiro atoms. The summed E-state index contributed by atoms with van der Waals surface area (Å²) in [5.41, 5.74) is 1.06. The maximum absolute atomic E-state index is 9.53. The van der Waals surface area contributed by atoms with Gasteiger partial charge in [-0.1, -0.05) is 6.07 Å². The monoisotopic (exact) mass is 181 g/mol. The minimum atomic E-state index is -0.329. The molecule has 72 valence electrons. The van der Waals surface area contributed by atoms with Crippen LogP contribution in [0.1, 0.15) is 12.0 Å². The van der Waals surface area contributed by atoms with Crippen LogP contribution in [0.5, 0.6) is 0 Å². The highest BCUT2D eigenvalue weighted by atomic mass is 16.5. The summed E-state index contributed by atoms with van der Waals surface area (Å²) < 4.78 is 4.87. The summed E-state index contributed by atoms with van der Waals surface area (Å²) in [4.78, 5) is 3.98. The maximum Gasteiger partial charge on any atom is 0.0603 e. The van der Waals surface area contributed by atoms with E-state index >= 15 is 0 Å². The first-order valence-electron chi connectivity index (χ1n) is 4.39. The second-order valence-electron chi connectivity index (χ2n) is 3.00. The van der Waals surface area contributed by atoms with Crippen molar-refractivity contribution in [3.8, 4) is 0 Å². The van der Waals surface area contributed by atoms with E-state index in [-0.39, 0.29) is 6.10 Å². The smallest absolute Gasteiger partial charge is 0.0603 e. The number of hydrogen-bond donors (Lipinski definition) is 1. The molecule has 1 atom stereocenters. The molecule has 0 aliphatic rings. The Morgan fingerprint density at radius 1 is 1.62 bits per heavy atom. The Labute approximate surface area is 78.4 Å². The molecule has 0 aliphatic heterocycles. The molecule has 0 radical (unpaired) electrons. The number of aromatic nitrogens is 1. The molecule has 3 nitrogen and oxygen atoms in total. The Morgan fingerprint density at radius 2 is 2.46 bits per heavy atom. The van der Waals surface area contributed by atoms with Gasteiger partial charge in [0.15, 0.2) is 0 Å². The van der Waals surface area contributed by atoms with Crippen LogP contribution in [0.2, 0.25) is 0 Å². The van der Waals surface area contributed by atoms with Crippen molar-refractivity contribution in [2.45, 2.75) is 18.9 Å². The molecule has 0 bridgehead atoms. The Morgan fingerprint density at radius 3 is 3.08 bits per heavy atom. The fourth-order valence-electron chi connectivity index (χ4n) is 1.15. The first-order chi connectivity index (χ1) is 6.33. The summed E-state index contributed by atoms with van der Waals surface area (Å²) >= 11 is 0. The second-order valence-corrected chi connectivity index (χ2v) is 3.00. The molecule has 13 heavy (non-hydrogen) atoms. The van der Waals surface area contributed by atoms with Crippen molar-refractivity contribution in [1.82, 2.24) is 4.98 Å². The van der Waals surface area contributed by atoms with E-state index in [0.717, 1.165) is 5.56 Å². The van der Waals surface area contributed by atoms with E-state index in [1.807, 2.05) is 12.1 Å². The molecule has 0 saturated heterocycles. The number of ether oxygens (including phenoxy) is 1. The average Bonchev–Trinajstić information content (AvgIpc) is 2.16. The Balaban J connectivity index is 2.32. The van der Waals surface area contributed by atoms with Gasteiger partial charge in [0.1, 0.15) is 0 Å². The number of aliphatic hydroxyl groups excluding tert-OH is 1. The van der Waals surface area contributed by atoms with Gasteiger partial charge in [-0.2, -0.15) is 0 Å². The lowest BCUT2D eigenvalue weighted by molar-refractivity contribution is 0.110. The van der Waals surface area contributed by atoms with Crippen molar-refractivity contribution in [2.75, 3.05) is 13.7 Å². The molecule has 1 aromatic rings. The Bertz CT molecular complexity index is 226. The summed E-state index contributed by atoms with van der Waals surface area (Å²) in [6.07, 6.45) is 4.49. The van der Waals surface area contributed by atoms with Crippen LogP contribution in [-0.4, -0.2) is 29.9 Å². The molecule has 1 aromatic heterocycles. The van der Waals surface area contributed by atoms with Crippen LogP contribution in [0, 0.1) is 0 Å². The van der Waals surface area contributed by atoms with Crippen LogP contribution in [0.15, 0.2) is 24.5 Å². The van der Waals surface area contributed by atoms with Crippen molar-refractivity contribution in [2.24, 2.45) is 0 Å². The van der Waals surface area contributed by atoms with E-state index in [0.29, 0.717) is 19.4 Å². The molecule has 0 aliphatic carbocycles. The highest BCUT2D eigenvalue weighted by Crippen LogP contribution is 2.03. The fraction of sp³-hybridized carbons (Fsp3) is 0.500. The number of rotatable bonds is 5. The third-order valence-electron chi connectivity index (χ3n) is 1.85. The zero-order valence-corrected chi connectivity index (χ0v) is 7.81. The van der Waals surface area contributed by atoms with Crippen molar-refractivity contribution < 1.29 is 9.84 Å². The zero-order valence-electron chi connectivity index (χ0n) is 7.81. The molecule has 0 fully saturated rings. The van der Waals surface area contributed by atoms with Gasteiger partial charge in [0.05, 0.1) is 6.10 Å². The topological polar surface area (TPSA) is 42.4 Å². The summed E-state index contributed by atoms with van der Waals surface area (Å²) in [7, 11) is 1.64. The lowest BCUT2D eigenvalue weighted by Crippen LogP contribution is -2.13.